The van der Waals surface area contributed by atoms with Gasteiger partial charge in [-0.25, -0.2) is 14.1 Å². The van der Waals surface area contributed by atoms with Crippen LogP contribution in [0.1, 0.15) is 33.0 Å². The van der Waals surface area contributed by atoms with Crippen molar-refractivity contribution in [3.8, 4) is 0 Å². The van der Waals surface area contributed by atoms with Crippen LogP contribution in [0.25, 0.3) is 0 Å². The Labute approximate surface area is 124 Å². The SMILES string of the molecule is CCCN1CCN(Cc2ncnn2CCF)C(C)(C)C1=O. The number of piperazine rings is 1. The first kappa shape index (κ1) is 15.9. The second kappa shape index (κ2) is 6.51. The second-order valence-corrected chi connectivity index (χ2v) is 5.86. The van der Waals surface area contributed by atoms with Crippen LogP contribution in [0.3, 0.4) is 0 Å². The van der Waals surface area contributed by atoms with E-state index in [1.807, 2.05) is 18.7 Å². The van der Waals surface area contributed by atoms with Gasteiger partial charge in [-0.2, -0.15) is 5.10 Å². The predicted octanol–water partition coefficient (Wildman–Crippen LogP) is 1.08. The highest BCUT2D eigenvalue weighted by Crippen LogP contribution is 2.24. The molecule has 0 saturated carbocycles. The van der Waals surface area contributed by atoms with Crippen molar-refractivity contribution in [1.82, 2.24) is 24.6 Å². The summed E-state index contributed by atoms with van der Waals surface area (Å²) in [5, 5.41) is 4.03. The zero-order valence-corrected chi connectivity index (χ0v) is 13.0. The van der Waals surface area contributed by atoms with Gasteiger partial charge in [-0.1, -0.05) is 6.92 Å². The van der Waals surface area contributed by atoms with Gasteiger partial charge >= 0.3 is 0 Å². The Balaban J connectivity index is 2.10. The van der Waals surface area contributed by atoms with Crippen molar-refractivity contribution in [2.24, 2.45) is 0 Å². The summed E-state index contributed by atoms with van der Waals surface area (Å²) >= 11 is 0. The molecule has 0 spiro atoms. The highest BCUT2D eigenvalue weighted by molar-refractivity contribution is 5.86. The molecule has 0 atom stereocenters. The molecule has 0 bridgehead atoms. The summed E-state index contributed by atoms with van der Waals surface area (Å²) < 4.78 is 14.1. The van der Waals surface area contributed by atoms with Crippen molar-refractivity contribution in [2.45, 2.75) is 45.8 Å². The summed E-state index contributed by atoms with van der Waals surface area (Å²) in [5.41, 5.74) is -0.570. The number of hydrogen-bond acceptors (Lipinski definition) is 4. The van der Waals surface area contributed by atoms with E-state index in [9.17, 15) is 9.18 Å². The van der Waals surface area contributed by atoms with Crippen molar-refractivity contribution in [1.29, 1.82) is 0 Å². The van der Waals surface area contributed by atoms with Crippen LogP contribution in [-0.2, 0) is 17.9 Å². The number of carbonyl (C=O) groups is 1. The van der Waals surface area contributed by atoms with Gasteiger partial charge in [0, 0.05) is 19.6 Å². The van der Waals surface area contributed by atoms with Crippen LogP contribution in [0, 0.1) is 0 Å². The molecule has 118 valence electrons. The van der Waals surface area contributed by atoms with Crippen LogP contribution >= 0.6 is 0 Å². The lowest BCUT2D eigenvalue weighted by atomic mass is 9.97. The highest BCUT2D eigenvalue weighted by Gasteiger charge is 2.41. The molecule has 1 aliphatic rings. The fraction of sp³-hybridized carbons (Fsp3) is 0.786. The Morgan fingerprint density at radius 2 is 2.10 bits per heavy atom. The number of alkyl halides is 1. The number of halogens is 1. The molecule has 1 aliphatic heterocycles. The van der Waals surface area contributed by atoms with Crippen molar-refractivity contribution >= 4 is 5.91 Å². The topological polar surface area (TPSA) is 54.3 Å². The first-order valence-electron chi connectivity index (χ1n) is 7.47. The summed E-state index contributed by atoms with van der Waals surface area (Å²) in [7, 11) is 0. The van der Waals surface area contributed by atoms with Crippen LogP contribution in [0.2, 0.25) is 0 Å². The first-order valence-corrected chi connectivity index (χ1v) is 7.47. The minimum Gasteiger partial charge on any atom is -0.340 e. The molecule has 7 heteroatoms. The molecule has 2 heterocycles. The van der Waals surface area contributed by atoms with E-state index in [0.717, 1.165) is 26.1 Å². The molecule has 0 radical (unpaired) electrons. The van der Waals surface area contributed by atoms with Gasteiger partial charge in [-0.3, -0.25) is 9.69 Å². The molecule has 1 aromatic rings. The maximum Gasteiger partial charge on any atom is 0.242 e. The van der Waals surface area contributed by atoms with Gasteiger partial charge in [-0.15, -0.1) is 0 Å². The molecule has 0 unspecified atom stereocenters. The fourth-order valence-electron chi connectivity index (χ4n) is 2.75. The molecule has 1 amide bonds. The standard InChI is InChI=1S/C14H24FN5O/c1-4-6-18-8-9-19(14(2,3)13(18)21)10-12-16-11-17-20(12)7-5-15/h11H,4-10H2,1-3H3. The number of carbonyl (C=O) groups excluding carboxylic acids is 1. The van der Waals surface area contributed by atoms with Crippen LogP contribution in [0.5, 0.6) is 0 Å². The number of nitrogens with zero attached hydrogens (tertiary/aromatic N) is 5. The van der Waals surface area contributed by atoms with E-state index in [4.69, 9.17) is 0 Å². The highest BCUT2D eigenvalue weighted by atomic mass is 19.1. The number of aryl methyl sites for hydroxylation is 1. The van der Waals surface area contributed by atoms with Gasteiger partial charge in [0.15, 0.2) is 0 Å². The van der Waals surface area contributed by atoms with Gasteiger partial charge in [0.05, 0.1) is 18.6 Å². The van der Waals surface area contributed by atoms with Gasteiger partial charge < -0.3 is 4.90 Å². The lowest BCUT2D eigenvalue weighted by molar-refractivity contribution is -0.149. The molecular weight excluding hydrogens is 273 g/mol. The molecule has 0 aliphatic carbocycles. The number of hydrogen-bond donors (Lipinski definition) is 0. The lowest BCUT2D eigenvalue weighted by Crippen LogP contribution is -2.62. The molecule has 6 nitrogen and oxygen atoms in total. The Morgan fingerprint density at radius 3 is 2.76 bits per heavy atom. The molecule has 1 aromatic heterocycles. The molecule has 21 heavy (non-hydrogen) atoms. The van der Waals surface area contributed by atoms with Gasteiger partial charge in [0.1, 0.15) is 18.8 Å². The largest absolute Gasteiger partial charge is 0.340 e. The monoisotopic (exact) mass is 297 g/mol. The average molecular weight is 297 g/mol. The van der Waals surface area contributed by atoms with Crippen LogP contribution < -0.4 is 0 Å². The molecule has 1 fully saturated rings. The smallest absolute Gasteiger partial charge is 0.242 e. The Kier molecular flexibility index (Phi) is 4.92. The normalized spacial score (nSPS) is 19.2. The van der Waals surface area contributed by atoms with Gasteiger partial charge in [0.2, 0.25) is 5.91 Å². The predicted molar refractivity (Wildman–Crippen MR) is 77.4 cm³/mol. The Hall–Kier alpha value is -1.50. The third kappa shape index (κ3) is 3.23. The minimum atomic E-state index is -0.570. The van der Waals surface area contributed by atoms with Crippen molar-refractivity contribution < 1.29 is 9.18 Å². The van der Waals surface area contributed by atoms with Crippen molar-refractivity contribution in [3.63, 3.8) is 0 Å². The Morgan fingerprint density at radius 1 is 1.33 bits per heavy atom. The summed E-state index contributed by atoms with van der Waals surface area (Å²) in [4.78, 5) is 20.8. The van der Waals surface area contributed by atoms with Crippen LogP contribution in [0.15, 0.2) is 6.33 Å². The molecular formula is C14H24FN5O. The van der Waals surface area contributed by atoms with Crippen LogP contribution in [0.4, 0.5) is 4.39 Å². The van der Waals surface area contributed by atoms with Gasteiger partial charge in [-0.05, 0) is 20.3 Å². The quantitative estimate of drug-likeness (QED) is 0.788. The third-order valence-electron chi connectivity index (χ3n) is 4.06. The zero-order valence-electron chi connectivity index (χ0n) is 13.0. The van der Waals surface area contributed by atoms with E-state index in [-0.39, 0.29) is 12.5 Å². The van der Waals surface area contributed by atoms with E-state index in [0.29, 0.717) is 12.4 Å². The van der Waals surface area contributed by atoms with Crippen LogP contribution in [-0.4, -0.2) is 62.3 Å². The first-order chi connectivity index (χ1) is 10.0. The zero-order chi connectivity index (χ0) is 15.5. The maximum atomic E-state index is 12.6. The molecule has 0 aromatic carbocycles. The lowest BCUT2D eigenvalue weighted by Gasteiger charge is -2.45. The van der Waals surface area contributed by atoms with Gasteiger partial charge in [0.25, 0.3) is 0 Å². The van der Waals surface area contributed by atoms with E-state index < -0.39 is 12.2 Å². The second-order valence-electron chi connectivity index (χ2n) is 5.86. The van der Waals surface area contributed by atoms with Crippen molar-refractivity contribution in [2.75, 3.05) is 26.3 Å². The summed E-state index contributed by atoms with van der Waals surface area (Å²) in [6.07, 6.45) is 2.40. The van der Waals surface area contributed by atoms with E-state index in [2.05, 4.69) is 21.9 Å². The summed E-state index contributed by atoms with van der Waals surface area (Å²) in [5.74, 6) is 0.852. The molecule has 0 N–H and O–H groups in total. The number of amides is 1. The fourth-order valence-corrected chi connectivity index (χ4v) is 2.75. The van der Waals surface area contributed by atoms with Crippen molar-refractivity contribution in [3.05, 3.63) is 12.2 Å². The summed E-state index contributed by atoms with van der Waals surface area (Å²) in [6.45, 7) is 8.52. The average Bonchev–Trinajstić information content (AvgIpc) is 2.87. The maximum absolute atomic E-state index is 12.6. The van der Waals surface area contributed by atoms with E-state index >= 15 is 0 Å². The Bertz CT molecular complexity index is 487. The summed E-state index contributed by atoms with van der Waals surface area (Å²) in [6, 6.07) is 0. The third-order valence-corrected chi connectivity index (χ3v) is 4.06. The number of rotatable bonds is 6. The minimum absolute atomic E-state index is 0.146. The van der Waals surface area contributed by atoms with E-state index in [1.165, 1.54) is 6.33 Å². The number of aromatic nitrogens is 3. The molecule has 1 saturated heterocycles. The van der Waals surface area contributed by atoms with E-state index in [1.54, 1.807) is 4.68 Å². The molecule has 2 rings (SSSR count).